The fourth-order valence-electron chi connectivity index (χ4n) is 1.11. The Morgan fingerprint density at radius 3 is 2.50 bits per heavy atom. The van der Waals surface area contributed by atoms with E-state index in [2.05, 4.69) is 13.8 Å². The summed E-state index contributed by atoms with van der Waals surface area (Å²) in [5, 5.41) is 0. The van der Waals surface area contributed by atoms with Crippen LogP contribution in [0.5, 0.6) is 0 Å². The first kappa shape index (κ1) is 11.6. The first-order valence-corrected chi connectivity index (χ1v) is 4.71. The van der Waals surface area contributed by atoms with Crippen molar-refractivity contribution < 1.29 is 9.53 Å². The van der Waals surface area contributed by atoms with E-state index in [0.29, 0.717) is 6.42 Å². The van der Waals surface area contributed by atoms with Crippen molar-refractivity contribution in [1.29, 1.82) is 0 Å². The largest absolute Gasteiger partial charge is 0.381 e. The van der Waals surface area contributed by atoms with Gasteiger partial charge in [-0.05, 0) is 18.8 Å². The molecule has 72 valence electrons. The van der Waals surface area contributed by atoms with E-state index in [4.69, 9.17) is 4.74 Å². The monoisotopic (exact) mass is 172 g/mol. The molecule has 0 aliphatic rings. The van der Waals surface area contributed by atoms with Crippen molar-refractivity contribution in [3.8, 4) is 0 Å². The van der Waals surface area contributed by atoms with Crippen LogP contribution in [0.4, 0.5) is 0 Å². The van der Waals surface area contributed by atoms with Gasteiger partial charge in [0.2, 0.25) is 0 Å². The lowest BCUT2D eigenvalue weighted by Crippen LogP contribution is -2.12. The fraction of sp³-hybridized carbons (Fsp3) is 0.900. The number of hydrogen-bond donors (Lipinski definition) is 0. The van der Waals surface area contributed by atoms with Crippen molar-refractivity contribution in [2.24, 2.45) is 5.92 Å². The Kier molecular flexibility index (Phi) is 7.06. The Morgan fingerprint density at radius 1 is 1.42 bits per heavy atom. The number of ether oxygens (including phenoxy) is 1. The van der Waals surface area contributed by atoms with Crippen molar-refractivity contribution in [2.75, 3.05) is 7.11 Å². The maximum Gasteiger partial charge on any atom is 0.122 e. The Bertz CT molecular complexity index is 112. The molecule has 0 N–H and O–H groups in total. The second-order valence-electron chi connectivity index (χ2n) is 3.35. The Labute approximate surface area is 75.3 Å². The van der Waals surface area contributed by atoms with Gasteiger partial charge in [0.15, 0.2) is 0 Å². The van der Waals surface area contributed by atoms with Crippen LogP contribution in [0.2, 0.25) is 0 Å². The second-order valence-corrected chi connectivity index (χ2v) is 3.35. The third-order valence-electron chi connectivity index (χ3n) is 2.37. The molecule has 0 aromatic carbocycles. The number of hydrogen-bond acceptors (Lipinski definition) is 2. The van der Waals surface area contributed by atoms with Crippen molar-refractivity contribution >= 4 is 6.29 Å². The van der Waals surface area contributed by atoms with Gasteiger partial charge in [-0.1, -0.05) is 20.3 Å². The standard InChI is InChI=1S/C10H20O2/c1-4-9(2)5-6-10(12-3)7-8-11/h8-10H,4-7H2,1-3H3. The summed E-state index contributed by atoms with van der Waals surface area (Å²) in [5.74, 6) is 0.745. The summed E-state index contributed by atoms with van der Waals surface area (Å²) in [5.41, 5.74) is 0. The first-order valence-electron chi connectivity index (χ1n) is 4.71. The summed E-state index contributed by atoms with van der Waals surface area (Å²) in [6.07, 6.45) is 4.97. The smallest absolute Gasteiger partial charge is 0.122 e. The predicted molar refractivity (Wildman–Crippen MR) is 50.2 cm³/mol. The molecule has 0 rings (SSSR count). The van der Waals surface area contributed by atoms with Gasteiger partial charge in [0.1, 0.15) is 6.29 Å². The van der Waals surface area contributed by atoms with Crippen LogP contribution in [-0.2, 0) is 9.53 Å². The highest BCUT2D eigenvalue weighted by Gasteiger charge is 2.08. The molecule has 0 aromatic heterocycles. The number of aldehydes is 1. The third kappa shape index (κ3) is 5.30. The van der Waals surface area contributed by atoms with E-state index in [9.17, 15) is 4.79 Å². The quantitative estimate of drug-likeness (QED) is 0.551. The molecule has 2 nitrogen and oxygen atoms in total. The van der Waals surface area contributed by atoms with Gasteiger partial charge in [0, 0.05) is 13.5 Å². The van der Waals surface area contributed by atoms with Gasteiger partial charge in [-0.15, -0.1) is 0 Å². The van der Waals surface area contributed by atoms with Gasteiger partial charge in [-0.25, -0.2) is 0 Å². The van der Waals surface area contributed by atoms with Gasteiger partial charge in [0.05, 0.1) is 6.10 Å². The lowest BCUT2D eigenvalue weighted by Gasteiger charge is -2.14. The molecule has 0 heterocycles. The number of carbonyl (C=O) groups excluding carboxylic acids is 1. The highest BCUT2D eigenvalue weighted by Crippen LogP contribution is 2.13. The molecule has 0 saturated carbocycles. The maximum absolute atomic E-state index is 10.2. The lowest BCUT2D eigenvalue weighted by atomic mass is 9.99. The molecule has 12 heavy (non-hydrogen) atoms. The van der Waals surface area contributed by atoms with E-state index in [0.717, 1.165) is 25.0 Å². The van der Waals surface area contributed by atoms with Crippen LogP contribution in [0.3, 0.4) is 0 Å². The van der Waals surface area contributed by atoms with E-state index in [1.54, 1.807) is 7.11 Å². The van der Waals surface area contributed by atoms with E-state index in [-0.39, 0.29) is 6.10 Å². The molecule has 0 spiro atoms. The molecule has 0 aliphatic heterocycles. The van der Waals surface area contributed by atoms with Crippen LogP contribution in [0, 0.1) is 5.92 Å². The molecular formula is C10H20O2. The van der Waals surface area contributed by atoms with Crippen molar-refractivity contribution in [2.45, 2.75) is 45.6 Å². The molecular weight excluding hydrogens is 152 g/mol. The summed E-state index contributed by atoms with van der Waals surface area (Å²) in [6, 6.07) is 0. The minimum absolute atomic E-state index is 0.136. The van der Waals surface area contributed by atoms with Crippen LogP contribution < -0.4 is 0 Å². The van der Waals surface area contributed by atoms with Crippen molar-refractivity contribution in [3.63, 3.8) is 0 Å². The number of rotatable bonds is 7. The summed E-state index contributed by atoms with van der Waals surface area (Å²) >= 11 is 0. The zero-order valence-electron chi connectivity index (χ0n) is 8.38. The average Bonchev–Trinajstić information content (AvgIpc) is 2.11. The summed E-state index contributed by atoms with van der Waals surface area (Å²) in [4.78, 5) is 10.2. The molecule has 0 radical (unpaired) electrons. The van der Waals surface area contributed by atoms with Crippen molar-refractivity contribution in [1.82, 2.24) is 0 Å². The van der Waals surface area contributed by atoms with Crippen LogP contribution in [0.1, 0.15) is 39.5 Å². The predicted octanol–water partition coefficient (Wildman–Crippen LogP) is 2.42. The Hall–Kier alpha value is -0.370. The minimum atomic E-state index is 0.136. The maximum atomic E-state index is 10.2. The second kappa shape index (κ2) is 7.29. The molecule has 0 aliphatic carbocycles. The lowest BCUT2D eigenvalue weighted by molar-refractivity contribution is -0.110. The van der Waals surface area contributed by atoms with Gasteiger partial charge < -0.3 is 9.53 Å². The van der Waals surface area contributed by atoms with Crippen LogP contribution in [-0.4, -0.2) is 19.5 Å². The highest BCUT2D eigenvalue weighted by atomic mass is 16.5. The molecule has 0 aromatic rings. The molecule has 2 atom stereocenters. The number of methoxy groups -OCH3 is 1. The molecule has 0 fully saturated rings. The molecule has 0 bridgehead atoms. The van der Waals surface area contributed by atoms with E-state index in [1.807, 2.05) is 0 Å². The first-order chi connectivity index (χ1) is 5.74. The van der Waals surface area contributed by atoms with Crippen LogP contribution in [0.15, 0.2) is 0 Å². The van der Waals surface area contributed by atoms with Crippen molar-refractivity contribution in [3.05, 3.63) is 0 Å². The summed E-state index contributed by atoms with van der Waals surface area (Å²) in [7, 11) is 1.67. The van der Waals surface area contributed by atoms with E-state index in [1.165, 1.54) is 6.42 Å². The fourth-order valence-corrected chi connectivity index (χ4v) is 1.11. The molecule has 2 heteroatoms. The normalized spacial score (nSPS) is 15.6. The SMILES string of the molecule is CCC(C)CCC(CC=O)OC. The average molecular weight is 172 g/mol. The van der Waals surface area contributed by atoms with Gasteiger partial charge >= 0.3 is 0 Å². The zero-order chi connectivity index (χ0) is 9.40. The Balaban J connectivity index is 3.49. The summed E-state index contributed by atoms with van der Waals surface area (Å²) < 4.78 is 5.15. The summed E-state index contributed by atoms with van der Waals surface area (Å²) in [6.45, 7) is 4.42. The topological polar surface area (TPSA) is 26.3 Å². The number of carbonyl (C=O) groups is 1. The third-order valence-corrected chi connectivity index (χ3v) is 2.37. The molecule has 0 saturated heterocycles. The van der Waals surface area contributed by atoms with Gasteiger partial charge in [-0.2, -0.15) is 0 Å². The van der Waals surface area contributed by atoms with Crippen LogP contribution >= 0.6 is 0 Å². The van der Waals surface area contributed by atoms with E-state index >= 15 is 0 Å². The van der Waals surface area contributed by atoms with Crippen LogP contribution in [0.25, 0.3) is 0 Å². The zero-order valence-corrected chi connectivity index (χ0v) is 8.38. The molecule has 2 unspecified atom stereocenters. The molecule has 0 amide bonds. The Morgan fingerprint density at radius 2 is 2.08 bits per heavy atom. The van der Waals surface area contributed by atoms with E-state index < -0.39 is 0 Å². The highest BCUT2D eigenvalue weighted by molar-refractivity contribution is 5.50. The minimum Gasteiger partial charge on any atom is -0.381 e. The van der Waals surface area contributed by atoms with Gasteiger partial charge in [0.25, 0.3) is 0 Å². The van der Waals surface area contributed by atoms with Gasteiger partial charge in [-0.3, -0.25) is 0 Å².